The van der Waals surface area contributed by atoms with E-state index in [1.54, 1.807) is 18.0 Å². The molecule has 1 aliphatic carbocycles. The molecule has 1 saturated carbocycles. The largest absolute Gasteiger partial charge is 0.423 e. The molecule has 2 aliphatic rings. The van der Waals surface area contributed by atoms with Gasteiger partial charge in [-0.2, -0.15) is 0 Å². The lowest BCUT2D eigenvalue weighted by Crippen LogP contribution is -2.46. The lowest BCUT2D eigenvalue weighted by atomic mass is 10.1. The molecule has 0 bridgehead atoms. The molecule has 8 nitrogen and oxygen atoms in total. The summed E-state index contributed by atoms with van der Waals surface area (Å²) in [5.74, 6) is 2.41. The molecule has 1 saturated heterocycles. The van der Waals surface area contributed by atoms with E-state index in [1.807, 2.05) is 19.1 Å². The van der Waals surface area contributed by atoms with E-state index in [1.165, 1.54) is 12.8 Å². The number of hydrogen-bond acceptors (Lipinski definition) is 7. The Labute approximate surface area is 151 Å². The van der Waals surface area contributed by atoms with Crippen molar-refractivity contribution in [2.24, 2.45) is 5.92 Å². The number of hydrogen-bond donors (Lipinski definition) is 1. The van der Waals surface area contributed by atoms with E-state index in [9.17, 15) is 4.79 Å². The third kappa shape index (κ3) is 3.85. The Bertz CT molecular complexity index is 771. The fraction of sp³-hybridized carbons (Fsp3) is 0.556. The summed E-state index contributed by atoms with van der Waals surface area (Å²) < 4.78 is 11.3. The highest BCUT2D eigenvalue weighted by Gasteiger charge is 2.33. The Kier molecular flexibility index (Phi) is 4.58. The standard InChI is InChI=1S/C18H23N5O3/c1-11-9-23(10-15(25-11)17-22-21-12(2)26-17)18(24)14-5-6-16(20-8-14)19-7-13-3-4-13/h5-6,8,11,13,15H,3-4,7,9-10H2,1-2H3,(H,19,20)/t11-,15-/m1/s1. The number of carbonyl (C=O) groups excluding carboxylic acids is 1. The van der Waals surface area contributed by atoms with E-state index >= 15 is 0 Å². The third-order valence-electron chi connectivity index (χ3n) is 4.64. The van der Waals surface area contributed by atoms with Crippen LogP contribution in [0.3, 0.4) is 0 Å². The first-order valence-corrected chi connectivity index (χ1v) is 9.03. The van der Waals surface area contributed by atoms with Gasteiger partial charge in [-0.25, -0.2) is 4.98 Å². The van der Waals surface area contributed by atoms with Crippen molar-refractivity contribution in [2.75, 3.05) is 25.0 Å². The first kappa shape index (κ1) is 17.0. The first-order valence-electron chi connectivity index (χ1n) is 9.03. The van der Waals surface area contributed by atoms with E-state index in [4.69, 9.17) is 9.15 Å². The lowest BCUT2D eigenvalue weighted by Gasteiger charge is -2.35. The minimum absolute atomic E-state index is 0.0670. The van der Waals surface area contributed by atoms with Crippen LogP contribution in [0.2, 0.25) is 0 Å². The molecule has 26 heavy (non-hydrogen) atoms. The molecule has 3 heterocycles. The molecule has 0 unspecified atom stereocenters. The van der Waals surface area contributed by atoms with Gasteiger partial charge in [-0.1, -0.05) is 0 Å². The van der Waals surface area contributed by atoms with Crippen molar-refractivity contribution in [3.05, 3.63) is 35.7 Å². The van der Waals surface area contributed by atoms with Gasteiger partial charge < -0.3 is 19.4 Å². The average Bonchev–Trinajstić information content (AvgIpc) is 3.38. The third-order valence-corrected chi connectivity index (χ3v) is 4.64. The number of nitrogens with zero attached hydrogens (tertiary/aromatic N) is 4. The second-order valence-corrected chi connectivity index (χ2v) is 7.06. The topological polar surface area (TPSA) is 93.4 Å². The molecule has 0 aromatic carbocycles. The highest BCUT2D eigenvalue weighted by atomic mass is 16.5. The van der Waals surface area contributed by atoms with Gasteiger partial charge >= 0.3 is 0 Å². The maximum absolute atomic E-state index is 12.9. The number of rotatable bonds is 5. The monoisotopic (exact) mass is 357 g/mol. The van der Waals surface area contributed by atoms with Gasteiger partial charge in [0.2, 0.25) is 11.8 Å². The fourth-order valence-corrected chi connectivity index (χ4v) is 3.07. The number of pyridine rings is 1. The number of ether oxygens (including phenoxy) is 1. The van der Waals surface area contributed by atoms with Crippen molar-refractivity contribution in [3.8, 4) is 0 Å². The summed E-state index contributed by atoms with van der Waals surface area (Å²) in [5.41, 5.74) is 0.566. The van der Waals surface area contributed by atoms with Gasteiger partial charge in [0.15, 0.2) is 6.10 Å². The SMILES string of the molecule is Cc1nnc([C@H]2CN(C(=O)c3ccc(NCC4CC4)nc3)C[C@@H](C)O2)o1. The number of morpholine rings is 1. The van der Waals surface area contributed by atoms with Crippen LogP contribution >= 0.6 is 0 Å². The number of anilines is 1. The zero-order chi connectivity index (χ0) is 18.1. The average molecular weight is 357 g/mol. The molecule has 2 aromatic heterocycles. The molecule has 8 heteroatoms. The van der Waals surface area contributed by atoms with Crippen LogP contribution in [-0.4, -0.2) is 51.7 Å². The van der Waals surface area contributed by atoms with Crippen molar-refractivity contribution in [2.45, 2.75) is 38.9 Å². The predicted molar refractivity (Wildman–Crippen MR) is 93.7 cm³/mol. The van der Waals surface area contributed by atoms with E-state index in [-0.39, 0.29) is 12.0 Å². The zero-order valence-corrected chi connectivity index (χ0v) is 15.0. The Hall–Kier alpha value is -2.48. The number of carbonyl (C=O) groups is 1. The summed E-state index contributed by atoms with van der Waals surface area (Å²) in [6.07, 6.45) is 3.69. The van der Waals surface area contributed by atoms with Gasteiger partial charge in [-0.3, -0.25) is 4.79 Å². The Morgan fingerprint density at radius 2 is 2.15 bits per heavy atom. The highest BCUT2D eigenvalue weighted by Crippen LogP contribution is 2.29. The van der Waals surface area contributed by atoms with Gasteiger partial charge in [-0.15, -0.1) is 10.2 Å². The second-order valence-electron chi connectivity index (χ2n) is 7.06. The molecule has 1 aliphatic heterocycles. The fourth-order valence-electron chi connectivity index (χ4n) is 3.07. The molecule has 4 rings (SSSR count). The van der Waals surface area contributed by atoms with E-state index in [0.717, 1.165) is 18.3 Å². The van der Waals surface area contributed by atoms with E-state index in [2.05, 4.69) is 20.5 Å². The number of aromatic nitrogens is 3. The van der Waals surface area contributed by atoms with Gasteiger partial charge in [-0.05, 0) is 37.8 Å². The molecule has 1 amide bonds. The van der Waals surface area contributed by atoms with E-state index < -0.39 is 6.10 Å². The van der Waals surface area contributed by atoms with Crippen molar-refractivity contribution < 1.29 is 13.9 Å². The van der Waals surface area contributed by atoms with Crippen LogP contribution in [0, 0.1) is 12.8 Å². The van der Waals surface area contributed by atoms with Gasteiger partial charge in [0.25, 0.3) is 5.91 Å². The van der Waals surface area contributed by atoms with Crippen molar-refractivity contribution in [1.82, 2.24) is 20.1 Å². The smallest absolute Gasteiger partial charge is 0.255 e. The molecule has 138 valence electrons. The van der Waals surface area contributed by atoms with Crippen LogP contribution in [0.25, 0.3) is 0 Å². The quantitative estimate of drug-likeness (QED) is 0.876. The molecule has 0 spiro atoms. The van der Waals surface area contributed by atoms with Crippen molar-refractivity contribution in [3.63, 3.8) is 0 Å². The molecule has 0 radical (unpaired) electrons. The van der Waals surface area contributed by atoms with Gasteiger partial charge in [0.1, 0.15) is 5.82 Å². The normalized spacial score (nSPS) is 23.1. The van der Waals surface area contributed by atoms with Gasteiger partial charge in [0, 0.05) is 26.2 Å². The van der Waals surface area contributed by atoms with Crippen LogP contribution < -0.4 is 5.32 Å². The summed E-state index contributed by atoms with van der Waals surface area (Å²) in [5, 5.41) is 11.2. The van der Waals surface area contributed by atoms with Crippen molar-refractivity contribution in [1.29, 1.82) is 0 Å². The molecular formula is C18H23N5O3. The summed E-state index contributed by atoms with van der Waals surface area (Å²) in [6.45, 7) is 5.51. The molecular weight excluding hydrogens is 334 g/mol. The Morgan fingerprint density at radius 3 is 2.81 bits per heavy atom. The maximum atomic E-state index is 12.9. The van der Waals surface area contributed by atoms with Crippen LogP contribution in [-0.2, 0) is 4.74 Å². The van der Waals surface area contributed by atoms with Crippen LogP contribution in [0.5, 0.6) is 0 Å². The number of nitrogens with one attached hydrogen (secondary N) is 1. The molecule has 2 fully saturated rings. The summed E-state index contributed by atoms with van der Waals surface area (Å²) in [6, 6.07) is 3.68. The van der Waals surface area contributed by atoms with Crippen LogP contribution in [0.15, 0.2) is 22.7 Å². The minimum atomic E-state index is -0.406. The summed E-state index contributed by atoms with van der Waals surface area (Å²) >= 11 is 0. The van der Waals surface area contributed by atoms with Crippen LogP contribution in [0.4, 0.5) is 5.82 Å². The highest BCUT2D eigenvalue weighted by molar-refractivity contribution is 5.94. The first-order chi connectivity index (χ1) is 12.6. The lowest BCUT2D eigenvalue weighted by molar-refractivity contribution is -0.0796. The van der Waals surface area contributed by atoms with E-state index in [0.29, 0.717) is 30.4 Å². The Balaban J connectivity index is 1.42. The maximum Gasteiger partial charge on any atom is 0.255 e. The zero-order valence-electron chi connectivity index (χ0n) is 15.0. The van der Waals surface area contributed by atoms with Gasteiger partial charge in [0.05, 0.1) is 18.2 Å². The number of amides is 1. The number of aryl methyl sites for hydroxylation is 1. The predicted octanol–water partition coefficient (Wildman–Crippen LogP) is 2.20. The summed E-state index contributed by atoms with van der Waals surface area (Å²) in [7, 11) is 0. The molecule has 2 aromatic rings. The van der Waals surface area contributed by atoms with Crippen molar-refractivity contribution >= 4 is 11.7 Å². The Morgan fingerprint density at radius 1 is 1.31 bits per heavy atom. The molecule has 1 N–H and O–H groups in total. The minimum Gasteiger partial charge on any atom is -0.423 e. The summed E-state index contributed by atoms with van der Waals surface area (Å²) in [4.78, 5) is 19.0. The molecule has 2 atom stereocenters. The second kappa shape index (κ2) is 7.03. The van der Waals surface area contributed by atoms with Crippen LogP contribution in [0.1, 0.15) is 48.0 Å².